The maximum absolute atomic E-state index is 8.98. The van der Waals surface area contributed by atoms with Gasteiger partial charge in [0.15, 0.2) is 0 Å². The average molecular weight is 344 g/mol. The van der Waals surface area contributed by atoms with Crippen molar-refractivity contribution in [2.75, 3.05) is 0 Å². The van der Waals surface area contributed by atoms with Gasteiger partial charge in [0.25, 0.3) is 0 Å². The molecule has 1 nitrogen and oxygen atoms in total. The van der Waals surface area contributed by atoms with Crippen molar-refractivity contribution in [2.24, 2.45) is 5.92 Å². The van der Waals surface area contributed by atoms with E-state index in [9.17, 15) is 0 Å². The van der Waals surface area contributed by atoms with Crippen LogP contribution in [0, 0.1) is 32.1 Å². The van der Waals surface area contributed by atoms with E-state index < -0.39 is 0 Å². The van der Waals surface area contributed by atoms with Crippen LogP contribution in [-0.4, -0.2) is 5.71 Å². The minimum atomic E-state index is 0.407. The first-order valence-electron chi connectivity index (χ1n) is 9.39. The Bertz CT molecular complexity index is 970. The minimum absolute atomic E-state index is 0.407. The number of nitrogens with one attached hydrogen (secondary N) is 1. The van der Waals surface area contributed by atoms with E-state index in [1.165, 1.54) is 44.5 Å². The summed E-state index contributed by atoms with van der Waals surface area (Å²) >= 11 is 0. The van der Waals surface area contributed by atoms with Crippen LogP contribution in [0.2, 0.25) is 0 Å². The third-order valence-electron chi connectivity index (χ3n) is 6.45. The molecule has 1 aliphatic carbocycles. The van der Waals surface area contributed by atoms with Gasteiger partial charge in [-0.25, -0.2) is 0 Å². The van der Waals surface area contributed by atoms with Crippen molar-refractivity contribution in [2.45, 2.75) is 48.5 Å². The normalized spacial score (nSPS) is 17.3. The fourth-order valence-corrected chi connectivity index (χ4v) is 4.11. The zero-order valence-electron chi connectivity index (χ0n) is 17.0. The highest BCUT2D eigenvalue weighted by Gasteiger charge is 2.27. The standard InChI is InChI=1S/C25H29N/c1-14-12-13-21(18(5)15(14)2)25(26)23-11-9-8-10-22(23)24-19(6)16(3)17(4)20(24)7/h8-13,19,26H,1-7H3. The van der Waals surface area contributed by atoms with Gasteiger partial charge < -0.3 is 0 Å². The molecule has 2 aromatic rings. The first kappa shape index (κ1) is 18.4. The third-order valence-corrected chi connectivity index (χ3v) is 6.45. The van der Waals surface area contributed by atoms with Crippen LogP contribution in [0.1, 0.15) is 61.1 Å². The summed E-state index contributed by atoms with van der Waals surface area (Å²) in [5.74, 6) is 0.407. The molecular formula is C25H29N. The molecule has 2 aromatic carbocycles. The van der Waals surface area contributed by atoms with E-state index in [1.807, 2.05) is 6.07 Å². The second-order valence-corrected chi connectivity index (χ2v) is 7.67. The smallest absolute Gasteiger partial charge is 0.0693 e. The zero-order chi connectivity index (χ0) is 19.2. The van der Waals surface area contributed by atoms with Gasteiger partial charge in [-0.1, -0.05) is 48.9 Å². The van der Waals surface area contributed by atoms with E-state index in [1.54, 1.807) is 0 Å². The molecule has 0 bridgehead atoms. The van der Waals surface area contributed by atoms with E-state index in [4.69, 9.17) is 5.41 Å². The highest BCUT2D eigenvalue weighted by atomic mass is 14.4. The van der Waals surface area contributed by atoms with Gasteiger partial charge in [-0.3, -0.25) is 5.41 Å². The molecule has 0 heterocycles. The molecule has 0 saturated heterocycles. The quantitative estimate of drug-likeness (QED) is 0.593. The van der Waals surface area contributed by atoms with Crippen LogP contribution >= 0.6 is 0 Å². The lowest BCUT2D eigenvalue weighted by Crippen LogP contribution is -2.10. The highest BCUT2D eigenvalue weighted by Crippen LogP contribution is 2.43. The molecule has 0 saturated carbocycles. The molecule has 0 fully saturated rings. The molecular weight excluding hydrogens is 314 g/mol. The van der Waals surface area contributed by atoms with Gasteiger partial charge in [0.2, 0.25) is 0 Å². The van der Waals surface area contributed by atoms with Crippen LogP contribution in [0.5, 0.6) is 0 Å². The molecule has 1 aliphatic rings. The lowest BCUT2D eigenvalue weighted by atomic mass is 9.85. The van der Waals surface area contributed by atoms with Crippen molar-refractivity contribution in [3.63, 3.8) is 0 Å². The van der Waals surface area contributed by atoms with Crippen LogP contribution in [0.4, 0.5) is 0 Å². The van der Waals surface area contributed by atoms with Crippen LogP contribution in [0.25, 0.3) is 5.57 Å². The minimum Gasteiger partial charge on any atom is -0.300 e. The molecule has 134 valence electrons. The number of rotatable bonds is 3. The van der Waals surface area contributed by atoms with Crippen LogP contribution in [-0.2, 0) is 0 Å². The van der Waals surface area contributed by atoms with Crippen LogP contribution < -0.4 is 0 Å². The molecule has 0 aliphatic heterocycles. The summed E-state index contributed by atoms with van der Waals surface area (Å²) in [7, 11) is 0. The maximum Gasteiger partial charge on any atom is 0.0693 e. The van der Waals surface area contributed by atoms with Gasteiger partial charge >= 0.3 is 0 Å². The van der Waals surface area contributed by atoms with Gasteiger partial charge in [-0.15, -0.1) is 0 Å². The molecule has 1 unspecified atom stereocenters. The maximum atomic E-state index is 8.98. The SMILES string of the molecule is CC1=C(C)C(C)C(c2ccccc2C(=N)c2ccc(C)c(C)c2C)=C1C. The van der Waals surface area contributed by atoms with Crippen LogP contribution in [0.15, 0.2) is 53.1 Å². The Kier molecular flexibility index (Phi) is 4.75. The summed E-state index contributed by atoms with van der Waals surface area (Å²) in [6.07, 6.45) is 0. The number of hydrogen-bond acceptors (Lipinski definition) is 1. The van der Waals surface area contributed by atoms with Crippen molar-refractivity contribution in [1.29, 1.82) is 5.41 Å². The molecule has 3 rings (SSSR count). The average Bonchev–Trinajstić information content (AvgIpc) is 2.82. The lowest BCUT2D eigenvalue weighted by molar-refractivity contribution is 0.894. The summed E-state index contributed by atoms with van der Waals surface area (Å²) in [6.45, 7) is 15.4. The molecule has 26 heavy (non-hydrogen) atoms. The molecule has 1 atom stereocenters. The number of benzene rings is 2. The van der Waals surface area contributed by atoms with E-state index in [0.29, 0.717) is 11.6 Å². The number of hydrogen-bond donors (Lipinski definition) is 1. The summed E-state index contributed by atoms with van der Waals surface area (Å²) < 4.78 is 0. The van der Waals surface area contributed by atoms with Gasteiger partial charge in [-0.05, 0) is 80.5 Å². The second-order valence-electron chi connectivity index (χ2n) is 7.67. The Hall–Kier alpha value is -2.41. The van der Waals surface area contributed by atoms with Crippen molar-refractivity contribution in [3.8, 4) is 0 Å². The molecule has 0 amide bonds. The fraction of sp³-hybridized carbons (Fsp3) is 0.320. The Morgan fingerprint density at radius 2 is 1.42 bits per heavy atom. The highest BCUT2D eigenvalue weighted by molar-refractivity contribution is 6.14. The summed E-state index contributed by atoms with van der Waals surface area (Å²) in [5.41, 5.74) is 13.3. The first-order chi connectivity index (χ1) is 12.3. The molecule has 0 radical (unpaired) electrons. The van der Waals surface area contributed by atoms with Crippen molar-refractivity contribution in [1.82, 2.24) is 0 Å². The predicted molar refractivity (Wildman–Crippen MR) is 113 cm³/mol. The molecule has 0 spiro atoms. The number of aryl methyl sites for hydroxylation is 1. The second kappa shape index (κ2) is 6.72. The Morgan fingerprint density at radius 1 is 0.769 bits per heavy atom. The largest absolute Gasteiger partial charge is 0.300 e. The molecule has 1 heteroatoms. The summed E-state index contributed by atoms with van der Waals surface area (Å²) in [5, 5.41) is 8.98. The molecule has 1 N–H and O–H groups in total. The summed E-state index contributed by atoms with van der Waals surface area (Å²) in [4.78, 5) is 0. The number of allylic oxidation sites excluding steroid dienone is 4. The molecule has 0 aromatic heterocycles. The monoisotopic (exact) mass is 343 g/mol. The fourth-order valence-electron chi connectivity index (χ4n) is 4.11. The van der Waals surface area contributed by atoms with Crippen LogP contribution in [0.3, 0.4) is 0 Å². The third kappa shape index (κ3) is 2.76. The first-order valence-corrected chi connectivity index (χ1v) is 9.39. The Balaban J connectivity index is 2.16. The van der Waals surface area contributed by atoms with Gasteiger partial charge in [0.05, 0.1) is 5.71 Å². The van der Waals surface area contributed by atoms with E-state index in [2.05, 4.69) is 78.8 Å². The van der Waals surface area contributed by atoms with E-state index in [-0.39, 0.29) is 0 Å². The van der Waals surface area contributed by atoms with Gasteiger partial charge in [0, 0.05) is 17.0 Å². The van der Waals surface area contributed by atoms with E-state index >= 15 is 0 Å². The topological polar surface area (TPSA) is 23.9 Å². The zero-order valence-corrected chi connectivity index (χ0v) is 17.0. The lowest BCUT2D eigenvalue weighted by Gasteiger charge is -2.19. The van der Waals surface area contributed by atoms with Crippen molar-refractivity contribution in [3.05, 3.63) is 86.5 Å². The van der Waals surface area contributed by atoms with Gasteiger partial charge in [0.1, 0.15) is 0 Å². The van der Waals surface area contributed by atoms with Gasteiger partial charge in [-0.2, -0.15) is 0 Å². The summed E-state index contributed by atoms with van der Waals surface area (Å²) in [6, 6.07) is 12.7. The van der Waals surface area contributed by atoms with Crippen molar-refractivity contribution < 1.29 is 0 Å². The Morgan fingerprint density at radius 3 is 2.04 bits per heavy atom. The predicted octanol–water partition coefficient (Wildman–Crippen LogP) is 6.79. The Labute approximate surface area is 158 Å². The van der Waals surface area contributed by atoms with Crippen molar-refractivity contribution >= 4 is 11.3 Å². The van der Waals surface area contributed by atoms with E-state index in [0.717, 1.165) is 11.1 Å².